The van der Waals surface area contributed by atoms with E-state index >= 15 is 0 Å². The Kier molecular flexibility index (Phi) is 5.87. The molecule has 1 saturated carbocycles. The van der Waals surface area contributed by atoms with Crippen LogP contribution in [0.25, 0.3) is 0 Å². The van der Waals surface area contributed by atoms with Crippen LogP contribution >= 0.6 is 24.0 Å². The quantitative estimate of drug-likeness (QED) is 0.908. The smallest absolute Gasteiger partial charge is 0.233 e. The van der Waals surface area contributed by atoms with Crippen LogP contribution in [0.5, 0.6) is 0 Å². The van der Waals surface area contributed by atoms with Gasteiger partial charge in [0, 0.05) is 18.1 Å². The molecule has 2 unspecified atom stereocenters. The van der Waals surface area contributed by atoms with Gasteiger partial charge in [-0.1, -0.05) is 23.7 Å². The number of likely N-dealkylation sites (N-methyl/N-ethyl adjacent to an activating group) is 1. The number of benzene rings is 1. The molecule has 0 heterocycles. The fourth-order valence-electron chi connectivity index (χ4n) is 2.91. The number of nitrogens with zero attached hydrogens (tertiary/aromatic N) is 1. The molecule has 1 aromatic rings. The van der Waals surface area contributed by atoms with Gasteiger partial charge in [0.25, 0.3) is 0 Å². The van der Waals surface area contributed by atoms with Crippen molar-refractivity contribution in [1.29, 1.82) is 0 Å². The first-order valence-electron chi connectivity index (χ1n) is 6.85. The second-order valence-corrected chi connectivity index (χ2v) is 5.53. The molecule has 20 heavy (non-hydrogen) atoms. The van der Waals surface area contributed by atoms with Crippen molar-refractivity contribution in [2.45, 2.75) is 25.7 Å². The van der Waals surface area contributed by atoms with Gasteiger partial charge >= 0.3 is 0 Å². The molecule has 1 aromatic carbocycles. The predicted molar refractivity (Wildman–Crippen MR) is 85.5 cm³/mol. The van der Waals surface area contributed by atoms with E-state index in [1.807, 2.05) is 43.0 Å². The lowest BCUT2D eigenvalue weighted by Gasteiger charge is -2.26. The molecule has 0 aromatic heterocycles. The fourth-order valence-corrected chi connectivity index (χ4v) is 3.10. The van der Waals surface area contributed by atoms with Crippen LogP contribution < -0.4 is 5.73 Å². The van der Waals surface area contributed by atoms with E-state index in [1.165, 1.54) is 0 Å². The summed E-state index contributed by atoms with van der Waals surface area (Å²) >= 11 is 6.07. The molecular formula is C15H22Cl2N2O. The van der Waals surface area contributed by atoms with Crippen molar-refractivity contribution in [3.05, 3.63) is 34.9 Å². The summed E-state index contributed by atoms with van der Waals surface area (Å²) in [5, 5.41) is 0.673. The molecule has 1 amide bonds. The largest absolute Gasteiger partial charge is 0.342 e. The van der Waals surface area contributed by atoms with E-state index in [2.05, 4.69) is 0 Å². The van der Waals surface area contributed by atoms with Crippen LogP contribution in [0.4, 0.5) is 0 Å². The van der Waals surface area contributed by atoms with E-state index in [0.717, 1.165) is 25.1 Å². The van der Waals surface area contributed by atoms with Gasteiger partial charge in [-0.3, -0.25) is 4.79 Å². The first-order chi connectivity index (χ1) is 9.09. The molecule has 1 aliphatic carbocycles. The topological polar surface area (TPSA) is 46.3 Å². The number of carbonyl (C=O) groups excluding carboxylic acids is 1. The van der Waals surface area contributed by atoms with Crippen molar-refractivity contribution in [2.75, 3.05) is 19.6 Å². The van der Waals surface area contributed by atoms with Gasteiger partial charge in [-0.25, -0.2) is 0 Å². The summed E-state index contributed by atoms with van der Waals surface area (Å²) in [7, 11) is 0. The summed E-state index contributed by atoms with van der Waals surface area (Å²) in [6, 6.07) is 7.63. The number of amides is 1. The second-order valence-electron chi connectivity index (χ2n) is 5.10. The normalized spacial score (nSPS) is 23.9. The first-order valence-corrected chi connectivity index (χ1v) is 7.23. The molecule has 112 valence electrons. The molecule has 1 fully saturated rings. The molecule has 2 atom stereocenters. The number of hydrogen-bond donors (Lipinski definition) is 1. The number of rotatable bonds is 5. The lowest BCUT2D eigenvalue weighted by molar-refractivity contribution is -0.134. The van der Waals surface area contributed by atoms with Crippen LogP contribution in [0.3, 0.4) is 0 Å². The van der Waals surface area contributed by atoms with E-state index in [1.54, 1.807) is 0 Å². The Morgan fingerprint density at radius 1 is 1.45 bits per heavy atom. The Hall–Kier alpha value is -0.770. The third-order valence-corrected chi connectivity index (χ3v) is 4.40. The van der Waals surface area contributed by atoms with E-state index in [4.69, 9.17) is 17.3 Å². The van der Waals surface area contributed by atoms with Gasteiger partial charge in [0.1, 0.15) is 0 Å². The average molecular weight is 317 g/mol. The lowest BCUT2D eigenvalue weighted by atomic mass is 9.91. The summed E-state index contributed by atoms with van der Waals surface area (Å²) < 4.78 is 0. The van der Waals surface area contributed by atoms with Gasteiger partial charge in [0.15, 0.2) is 0 Å². The minimum atomic E-state index is -0.439. The van der Waals surface area contributed by atoms with Crippen molar-refractivity contribution >= 4 is 29.9 Å². The van der Waals surface area contributed by atoms with Gasteiger partial charge in [-0.2, -0.15) is 0 Å². The maximum atomic E-state index is 12.8. The number of carbonyl (C=O) groups is 1. The molecule has 5 heteroatoms. The minimum Gasteiger partial charge on any atom is -0.342 e. The number of nitrogens with two attached hydrogens (primary N) is 1. The highest BCUT2D eigenvalue weighted by Crippen LogP contribution is 2.55. The van der Waals surface area contributed by atoms with E-state index in [0.29, 0.717) is 11.6 Å². The highest BCUT2D eigenvalue weighted by molar-refractivity contribution is 6.30. The van der Waals surface area contributed by atoms with Crippen molar-refractivity contribution in [3.63, 3.8) is 0 Å². The zero-order chi connectivity index (χ0) is 14.0. The summed E-state index contributed by atoms with van der Waals surface area (Å²) in [6.45, 7) is 6.02. The van der Waals surface area contributed by atoms with Crippen LogP contribution in [0.2, 0.25) is 5.02 Å². The van der Waals surface area contributed by atoms with Crippen molar-refractivity contribution in [1.82, 2.24) is 4.90 Å². The Balaban J connectivity index is 0.00000200. The van der Waals surface area contributed by atoms with Gasteiger partial charge in [-0.15, -0.1) is 12.4 Å². The summed E-state index contributed by atoms with van der Waals surface area (Å²) in [5.74, 6) is 0.425. The number of hydrogen-bond acceptors (Lipinski definition) is 2. The third kappa shape index (κ3) is 2.80. The first kappa shape index (κ1) is 17.3. The van der Waals surface area contributed by atoms with E-state index in [-0.39, 0.29) is 24.2 Å². The van der Waals surface area contributed by atoms with Gasteiger partial charge in [-0.05, 0) is 50.4 Å². The summed E-state index contributed by atoms with van der Waals surface area (Å²) in [5.41, 5.74) is 6.37. The van der Waals surface area contributed by atoms with Crippen molar-refractivity contribution in [3.8, 4) is 0 Å². The zero-order valence-electron chi connectivity index (χ0n) is 11.9. The molecule has 0 spiro atoms. The standard InChI is InChI=1S/C15H21ClN2O.ClH/c1-3-18(4-2)14(19)15(9-12(15)10-17)11-6-5-7-13(16)8-11;/h5-8,12H,3-4,9-10,17H2,1-2H3;1H. The Labute approximate surface area is 131 Å². The van der Waals surface area contributed by atoms with Crippen LogP contribution in [-0.4, -0.2) is 30.4 Å². The lowest BCUT2D eigenvalue weighted by Crippen LogP contribution is -2.40. The van der Waals surface area contributed by atoms with Crippen molar-refractivity contribution in [2.24, 2.45) is 11.7 Å². The third-order valence-electron chi connectivity index (χ3n) is 4.16. The zero-order valence-corrected chi connectivity index (χ0v) is 13.5. The Morgan fingerprint density at radius 3 is 2.55 bits per heavy atom. The monoisotopic (exact) mass is 316 g/mol. The molecule has 0 aliphatic heterocycles. The SMILES string of the molecule is CCN(CC)C(=O)C1(c2cccc(Cl)c2)CC1CN.Cl. The average Bonchev–Trinajstić information content (AvgIpc) is 3.15. The maximum absolute atomic E-state index is 12.8. The van der Waals surface area contributed by atoms with Crippen molar-refractivity contribution < 1.29 is 4.79 Å². The Bertz CT molecular complexity index is 477. The Morgan fingerprint density at radius 2 is 2.10 bits per heavy atom. The highest BCUT2D eigenvalue weighted by atomic mass is 35.5. The molecule has 1 aliphatic rings. The van der Waals surface area contributed by atoms with Gasteiger partial charge in [0.05, 0.1) is 5.41 Å². The molecule has 0 bridgehead atoms. The van der Waals surface area contributed by atoms with E-state index in [9.17, 15) is 4.79 Å². The highest BCUT2D eigenvalue weighted by Gasteiger charge is 2.61. The summed E-state index contributed by atoms with van der Waals surface area (Å²) in [4.78, 5) is 14.7. The number of halogens is 2. The maximum Gasteiger partial charge on any atom is 0.233 e. The molecule has 3 nitrogen and oxygen atoms in total. The molecular weight excluding hydrogens is 295 g/mol. The van der Waals surface area contributed by atoms with Crippen LogP contribution in [0, 0.1) is 5.92 Å². The van der Waals surface area contributed by atoms with E-state index < -0.39 is 5.41 Å². The predicted octanol–water partition coefficient (Wildman–Crippen LogP) is 2.85. The fraction of sp³-hybridized carbons (Fsp3) is 0.533. The molecule has 2 N–H and O–H groups in total. The second kappa shape index (κ2) is 6.79. The summed E-state index contributed by atoms with van der Waals surface area (Å²) in [6.07, 6.45) is 0.833. The van der Waals surface area contributed by atoms with Crippen LogP contribution in [0.1, 0.15) is 25.8 Å². The molecule has 0 radical (unpaired) electrons. The van der Waals surface area contributed by atoms with Gasteiger partial charge < -0.3 is 10.6 Å². The molecule has 2 rings (SSSR count). The van der Waals surface area contributed by atoms with Crippen LogP contribution in [0.15, 0.2) is 24.3 Å². The van der Waals surface area contributed by atoms with Gasteiger partial charge in [0.2, 0.25) is 5.91 Å². The van der Waals surface area contributed by atoms with Crippen LogP contribution in [-0.2, 0) is 10.2 Å². The minimum absolute atomic E-state index is 0. The molecule has 0 saturated heterocycles.